The molecule has 0 aromatic rings. The largest absolute Gasteiger partial charge is 0.483 e. The first-order valence-corrected chi connectivity index (χ1v) is 8.87. The summed E-state index contributed by atoms with van der Waals surface area (Å²) in [5.41, 5.74) is -3.23. The van der Waals surface area contributed by atoms with Gasteiger partial charge in [0, 0.05) is 24.0 Å². The molecule has 148 valence electrons. The van der Waals surface area contributed by atoms with E-state index in [0.29, 0.717) is 12.2 Å². The zero-order chi connectivity index (χ0) is 20.1. The minimum absolute atomic E-state index is 0.0391. The van der Waals surface area contributed by atoms with Crippen molar-refractivity contribution in [3.05, 3.63) is 24.0 Å². The molecule has 0 aromatic heterocycles. The molecule has 3 aliphatic heterocycles. The third-order valence-electron chi connectivity index (χ3n) is 5.53. The Labute approximate surface area is 156 Å². The zero-order valence-electron chi connectivity index (χ0n) is 15.6. The molecular formula is C19H24O8. The van der Waals surface area contributed by atoms with Crippen molar-refractivity contribution in [3.63, 3.8) is 0 Å². The van der Waals surface area contributed by atoms with Gasteiger partial charge in [-0.1, -0.05) is 13.5 Å². The molecule has 2 fully saturated rings. The van der Waals surface area contributed by atoms with Crippen molar-refractivity contribution in [1.82, 2.24) is 0 Å². The Hall–Kier alpha value is -2.19. The van der Waals surface area contributed by atoms with Crippen LogP contribution in [0.5, 0.6) is 0 Å². The van der Waals surface area contributed by atoms with Gasteiger partial charge in [0.1, 0.15) is 18.0 Å². The van der Waals surface area contributed by atoms with E-state index in [1.807, 2.05) is 6.92 Å². The summed E-state index contributed by atoms with van der Waals surface area (Å²) in [5.74, 6) is -2.25. The number of hydrogen-bond acceptors (Lipinski definition) is 8. The molecule has 0 saturated carbocycles. The van der Waals surface area contributed by atoms with Gasteiger partial charge in [0.25, 0.3) is 0 Å². The molecule has 2 saturated heterocycles. The fraction of sp³-hybridized carbons (Fsp3) is 0.632. The molecule has 0 aromatic carbocycles. The van der Waals surface area contributed by atoms with Gasteiger partial charge in [-0.2, -0.15) is 0 Å². The van der Waals surface area contributed by atoms with E-state index in [2.05, 4.69) is 6.58 Å². The SMILES string of the molecule is C=C1C(=O)OC2CC(C)C3=CC(=O)C(C)(CC(OC(=O)C(C)(O)CO)C12)O3. The van der Waals surface area contributed by atoms with Crippen LogP contribution in [0, 0.1) is 11.8 Å². The summed E-state index contributed by atoms with van der Waals surface area (Å²) < 4.78 is 16.8. The van der Waals surface area contributed by atoms with Crippen LogP contribution in [-0.4, -0.2) is 58.0 Å². The second-order valence-electron chi connectivity index (χ2n) is 7.96. The first-order chi connectivity index (χ1) is 12.5. The molecule has 6 unspecified atom stereocenters. The Kier molecular flexibility index (Phi) is 4.68. The molecule has 6 atom stereocenters. The Morgan fingerprint density at radius 1 is 1.48 bits per heavy atom. The highest BCUT2D eigenvalue weighted by atomic mass is 16.6. The summed E-state index contributed by atoms with van der Waals surface area (Å²) in [4.78, 5) is 37.0. The first-order valence-electron chi connectivity index (χ1n) is 8.87. The highest BCUT2D eigenvalue weighted by Crippen LogP contribution is 2.44. The lowest BCUT2D eigenvalue weighted by Crippen LogP contribution is -2.47. The number of aliphatic hydroxyl groups is 2. The molecule has 3 aliphatic rings. The summed E-state index contributed by atoms with van der Waals surface area (Å²) in [7, 11) is 0. The van der Waals surface area contributed by atoms with Crippen molar-refractivity contribution in [2.45, 2.75) is 57.0 Å². The van der Waals surface area contributed by atoms with Crippen molar-refractivity contribution in [1.29, 1.82) is 0 Å². The predicted octanol–water partition coefficient (Wildman–Crippen LogP) is 0.411. The van der Waals surface area contributed by atoms with E-state index in [0.717, 1.165) is 6.92 Å². The summed E-state index contributed by atoms with van der Waals surface area (Å²) in [5, 5.41) is 19.2. The molecule has 0 radical (unpaired) electrons. The van der Waals surface area contributed by atoms with Crippen LogP contribution in [0.15, 0.2) is 24.0 Å². The topological polar surface area (TPSA) is 119 Å². The van der Waals surface area contributed by atoms with E-state index < -0.39 is 47.9 Å². The molecule has 8 heteroatoms. The number of ether oxygens (including phenoxy) is 3. The molecular weight excluding hydrogens is 356 g/mol. The van der Waals surface area contributed by atoms with E-state index >= 15 is 0 Å². The third kappa shape index (κ3) is 3.27. The lowest BCUT2D eigenvalue weighted by atomic mass is 9.80. The van der Waals surface area contributed by atoms with E-state index in [9.17, 15) is 24.6 Å². The molecule has 2 N–H and O–H groups in total. The zero-order valence-corrected chi connectivity index (χ0v) is 15.6. The fourth-order valence-electron chi connectivity index (χ4n) is 3.73. The summed E-state index contributed by atoms with van der Waals surface area (Å²) in [6, 6.07) is 0. The van der Waals surface area contributed by atoms with Gasteiger partial charge in [-0.05, 0) is 20.3 Å². The molecule has 0 aliphatic carbocycles. The van der Waals surface area contributed by atoms with Crippen LogP contribution in [0.2, 0.25) is 0 Å². The predicted molar refractivity (Wildman–Crippen MR) is 91.1 cm³/mol. The lowest BCUT2D eigenvalue weighted by Gasteiger charge is -2.33. The average molecular weight is 380 g/mol. The van der Waals surface area contributed by atoms with Crippen LogP contribution in [0.25, 0.3) is 0 Å². The highest BCUT2D eigenvalue weighted by molar-refractivity contribution is 5.99. The van der Waals surface area contributed by atoms with Gasteiger partial charge in [0.15, 0.2) is 11.2 Å². The van der Waals surface area contributed by atoms with Gasteiger partial charge in [0.05, 0.1) is 12.5 Å². The van der Waals surface area contributed by atoms with Gasteiger partial charge < -0.3 is 24.4 Å². The Bertz CT molecular complexity index is 736. The number of ketones is 1. The molecule has 0 spiro atoms. The second-order valence-corrected chi connectivity index (χ2v) is 7.96. The molecule has 8 nitrogen and oxygen atoms in total. The van der Waals surface area contributed by atoms with Gasteiger partial charge in [-0.15, -0.1) is 0 Å². The standard InChI is InChI=1S/C19H24O8/c1-9-5-12-15(10(2)16(22)25-12)13(26-17(23)18(3,24)8-20)7-19(4)14(21)6-11(9)27-19/h6,9,12-13,15,20,24H,2,5,7-8H2,1,3-4H3. The minimum atomic E-state index is -2.11. The average Bonchev–Trinajstić information content (AvgIpc) is 3.04. The molecule has 0 amide bonds. The van der Waals surface area contributed by atoms with E-state index in [4.69, 9.17) is 14.2 Å². The summed E-state index contributed by atoms with van der Waals surface area (Å²) in [6.45, 7) is 7.51. The minimum Gasteiger partial charge on any atom is -0.483 e. The monoisotopic (exact) mass is 380 g/mol. The lowest BCUT2D eigenvalue weighted by molar-refractivity contribution is -0.179. The highest BCUT2D eigenvalue weighted by Gasteiger charge is 2.54. The smallest absolute Gasteiger partial charge is 0.340 e. The normalized spacial score (nSPS) is 37.8. The Balaban J connectivity index is 1.99. The Morgan fingerprint density at radius 2 is 2.15 bits per heavy atom. The molecule has 2 bridgehead atoms. The van der Waals surface area contributed by atoms with Crippen molar-refractivity contribution >= 4 is 17.7 Å². The summed E-state index contributed by atoms with van der Waals surface area (Å²) in [6.07, 6.45) is 0.169. The van der Waals surface area contributed by atoms with Crippen LogP contribution in [0.1, 0.15) is 33.6 Å². The Morgan fingerprint density at radius 3 is 2.78 bits per heavy atom. The number of rotatable bonds is 3. The second kappa shape index (κ2) is 6.45. The van der Waals surface area contributed by atoms with Crippen LogP contribution in [0.4, 0.5) is 0 Å². The fourth-order valence-corrected chi connectivity index (χ4v) is 3.73. The number of hydrogen-bond donors (Lipinski definition) is 2. The summed E-state index contributed by atoms with van der Waals surface area (Å²) >= 11 is 0. The third-order valence-corrected chi connectivity index (χ3v) is 5.53. The van der Waals surface area contributed by atoms with Crippen molar-refractivity contribution < 1.29 is 38.8 Å². The van der Waals surface area contributed by atoms with Gasteiger partial charge >= 0.3 is 11.9 Å². The number of carbonyl (C=O) groups excluding carboxylic acids is 3. The van der Waals surface area contributed by atoms with Crippen molar-refractivity contribution in [2.75, 3.05) is 6.61 Å². The maximum atomic E-state index is 12.5. The number of aliphatic hydroxyl groups excluding tert-OH is 1. The van der Waals surface area contributed by atoms with Gasteiger partial charge in [-0.25, -0.2) is 9.59 Å². The van der Waals surface area contributed by atoms with Crippen LogP contribution >= 0.6 is 0 Å². The maximum Gasteiger partial charge on any atom is 0.340 e. The van der Waals surface area contributed by atoms with Crippen molar-refractivity contribution in [3.8, 4) is 0 Å². The van der Waals surface area contributed by atoms with Gasteiger partial charge in [0.2, 0.25) is 5.78 Å². The van der Waals surface area contributed by atoms with Crippen LogP contribution in [0.3, 0.4) is 0 Å². The molecule has 3 rings (SSSR count). The van der Waals surface area contributed by atoms with E-state index in [-0.39, 0.29) is 23.7 Å². The number of allylic oxidation sites excluding steroid dienone is 1. The molecule has 27 heavy (non-hydrogen) atoms. The first kappa shape index (κ1) is 19.6. The maximum absolute atomic E-state index is 12.5. The van der Waals surface area contributed by atoms with Crippen LogP contribution in [-0.2, 0) is 28.6 Å². The van der Waals surface area contributed by atoms with Crippen molar-refractivity contribution in [2.24, 2.45) is 11.8 Å². The van der Waals surface area contributed by atoms with Gasteiger partial charge in [-0.3, -0.25) is 4.79 Å². The van der Waals surface area contributed by atoms with E-state index in [1.165, 1.54) is 6.08 Å². The number of carbonyl (C=O) groups is 3. The number of esters is 2. The molecule has 3 heterocycles. The van der Waals surface area contributed by atoms with E-state index in [1.54, 1.807) is 6.92 Å². The van der Waals surface area contributed by atoms with Crippen LogP contribution < -0.4 is 0 Å². The number of fused-ring (bicyclic) bond motifs is 3. The quantitative estimate of drug-likeness (QED) is 0.534.